The Hall–Kier alpha value is -1.61. The fourth-order valence-electron chi connectivity index (χ4n) is 3.05. The van der Waals surface area contributed by atoms with Crippen molar-refractivity contribution in [2.24, 2.45) is 0 Å². The summed E-state index contributed by atoms with van der Waals surface area (Å²) in [6, 6.07) is 15.1. The van der Waals surface area contributed by atoms with Crippen molar-refractivity contribution >= 4 is 26.7 Å². The van der Waals surface area contributed by atoms with Crippen LogP contribution in [0.1, 0.15) is 18.5 Å². The summed E-state index contributed by atoms with van der Waals surface area (Å²) in [7, 11) is 0. The average molecular weight is 327 g/mol. The van der Waals surface area contributed by atoms with E-state index in [1.54, 1.807) is 0 Å². The second-order valence-corrected chi connectivity index (χ2v) is 6.09. The lowest BCUT2D eigenvalue weighted by Crippen LogP contribution is -2.11. The molecule has 0 aliphatic carbocycles. The maximum atomic E-state index is 4.75. The summed E-state index contributed by atoms with van der Waals surface area (Å²) in [5, 5.41) is 2.55. The lowest BCUT2D eigenvalue weighted by atomic mass is 10.1. The zero-order valence-electron chi connectivity index (χ0n) is 11.1. The molecule has 0 amide bonds. The monoisotopic (exact) mass is 326 g/mol. The van der Waals surface area contributed by atoms with Crippen molar-refractivity contribution in [2.75, 3.05) is 0 Å². The summed E-state index contributed by atoms with van der Waals surface area (Å²) in [5.74, 6) is 1.09. The van der Waals surface area contributed by atoms with Crippen LogP contribution in [0.3, 0.4) is 0 Å². The highest BCUT2D eigenvalue weighted by molar-refractivity contribution is 9.10. The molecule has 2 nitrogen and oxygen atoms in total. The molecule has 1 aliphatic rings. The molecule has 1 aliphatic heterocycles. The van der Waals surface area contributed by atoms with Crippen LogP contribution in [0.5, 0.6) is 0 Å². The second-order valence-electron chi connectivity index (χ2n) is 5.34. The minimum atomic E-state index is 1.01. The van der Waals surface area contributed by atoms with E-state index in [4.69, 9.17) is 4.98 Å². The van der Waals surface area contributed by atoms with E-state index in [1.165, 1.54) is 34.9 Å². The number of aromatic nitrogens is 2. The van der Waals surface area contributed by atoms with Gasteiger partial charge in [0.25, 0.3) is 0 Å². The Balaban J connectivity index is 1.90. The summed E-state index contributed by atoms with van der Waals surface area (Å²) in [5.41, 5.74) is 2.55. The SMILES string of the molecule is Brc1nc(-c2ccc3ccccc3c2)n2c1CCCC2. The van der Waals surface area contributed by atoms with E-state index < -0.39 is 0 Å². The van der Waals surface area contributed by atoms with Crippen molar-refractivity contribution in [3.8, 4) is 11.4 Å². The van der Waals surface area contributed by atoms with Crippen molar-refractivity contribution in [1.29, 1.82) is 0 Å². The molecule has 0 fully saturated rings. The van der Waals surface area contributed by atoms with E-state index >= 15 is 0 Å². The van der Waals surface area contributed by atoms with E-state index in [0.717, 1.165) is 23.4 Å². The molecule has 2 aromatic carbocycles. The molecule has 0 radical (unpaired) electrons. The topological polar surface area (TPSA) is 17.8 Å². The van der Waals surface area contributed by atoms with Gasteiger partial charge in [-0.2, -0.15) is 0 Å². The van der Waals surface area contributed by atoms with Gasteiger partial charge in [0.05, 0.1) is 5.69 Å². The van der Waals surface area contributed by atoms with Crippen LogP contribution >= 0.6 is 15.9 Å². The lowest BCUT2D eigenvalue weighted by Gasteiger charge is -2.17. The third-order valence-corrected chi connectivity index (χ3v) is 4.71. The maximum absolute atomic E-state index is 4.75. The molecule has 0 unspecified atom stereocenters. The number of hydrogen-bond donors (Lipinski definition) is 0. The highest BCUT2D eigenvalue weighted by atomic mass is 79.9. The van der Waals surface area contributed by atoms with Gasteiger partial charge in [-0.3, -0.25) is 0 Å². The number of hydrogen-bond acceptors (Lipinski definition) is 1. The molecular formula is C17H15BrN2. The molecule has 0 saturated heterocycles. The molecule has 4 rings (SSSR count). The van der Waals surface area contributed by atoms with Gasteiger partial charge in [-0.25, -0.2) is 4.98 Å². The molecule has 3 aromatic rings. The van der Waals surface area contributed by atoms with Gasteiger partial charge in [-0.1, -0.05) is 36.4 Å². The van der Waals surface area contributed by atoms with Crippen molar-refractivity contribution < 1.29 is 0 Å². The van der Waals surface area contributed by atoms with Crippen LogP contribution in [0, 0.1) is 0 Å². The lowest BCUT2D eigenvalue weighted by molar-refractivity contribution is 0.535. The Morgan fingerprint density at radius 1 is 1.00 bits per heavy atom. The third kappa shape index (κ3) is 1.88. The molecule has 20 heavy (non-hydrogen) atoms. The third-order valence-electron chi connectivity index (χ3n) is 4.08. The van der Waals surface area contributed by atoms with Crippen LogP contribution in [0.25, 0.3) is 22.2 Å². The zero-order chi connectivity index (χ0) is 13.5. The van der Waals surface area contributed by atoms with Gasteiger partial charge in [0.15, 0.2) is 0 Å². The van der Waals surface area contributed by atoms with Gasteiger partial charge < -0.3 is 4.57 Å². The number of halogens is 1. The maximum Gasteiger partial charge on any atom is 0.141 e. The Bertz CT molecular complexity index is 789. The van der Waals surface area contributed by atoms with Crippen LogP contribution in [0.15, 0.2) is 47.1 Å². The molecule has 0 saturated carbocycles. The van der Waals surface area contributed by atoms with Gasteiger partial charge in [0, 0.05) is 12.1 Å². The Morgan fingerprint density at radius 2 is 1.85 bits per heavy atom. The standard InChI is InChI=1S/C17H15BrN2/c18-16-15-7-3-4-10-20(15)17(19-16)14-9-8-12-5-1-2-6-13(12)11-14/h1-2,5-6,8-9,11H,3-4,7,10H2. The largest absolute Gasteiger partial charge is 0.327 e. The number of benzene rings is 2. The van der Waals surface area contributed by atoms with Gasteiger partial charge in [-0.05, 0) is 52.0 Å². The van der Waals surface area contributed by atoms with Gasteiger partial charge in [0.1, 0.15) is 10.4 Å². The minimum Gasteiger partial charge on any atom is -0.327 e. The van der Waals surface area contributed by atoms with E-state index in [-0.39, 0.29) is 0 Å². The van der Waals surface area contributed by atoms with Crippen LogP contribution in [-0.2, 0) is 13.0 Å². The molecule has 0 atom stereocenters. The zero-order valence-corrected chi connectivity index (χ0v) is 12.7. The average Bonchev–Trinajstić information content (AvgIpc) is 2.85. The van der Waals surface area contributed by atoms with E-state index in [9.17, 15) is 0 Å². The molecule has 0 N–H and O–H groups in total. The molecule has 3 heteroatoms. The Morgan fingerprint density at radius 3 is 2.75 bits per heavy atom. The summed E-state index contributed by atoms with van der Waals surface area (Å²) in [6.45, 7) is 1.08. The molecule has 2 heterocycles. The summed E-state index contributed by atoms with van der Waals surface area (Å²) in [4.78, 5) is 4.75. The predicted octanol–water partition coefficient (Wildman–Crippen LogP) is 4.80. The van der Waals surface area contributed by atoms with Crippen LogP contribution in [-0.4, -0.2) is 9.55 Å². The second kappa shape index (κ2) is 4.74. The first-order chi connectivity index (χ1) is 9.83. The van der Waals surface area contributed by atoms with Gasteiger partial charge >= 0.3 is 0 Å². The van der Waals surface area contributed by atoms with Crippen LogP contribution in [0.4, 0.5) is 0 Å². The first-order valence-electron chi connectivity index (χ1n) is 7.07. The van der Waals surface area contributed by atoms with E-state index in [1.807, 2.05) is 0 Å². The number of imidazole rings is 1. The highest BCUT2D eigenvalue weighted by Crippen LogP contribution is 2.31. The quantitative estimate of drug-likeness (QED) is 0.628. The first-order valence-corrected chi connectivity index (χ1v) is 7.86. The molecule has 0 bridgehead atoms. The molecular weight excluding hydrogens is 312 g/mol. The van der Waals surface area contributed by atoms with Gasteiger partial charge in [0.2, 0.25) is 0 Å². The minimum absolute atomic E-state index is 1.01. The van der Waals surface area contributed by atoms with Gasteiger partial charge in [-0.15, -0.1) is 0 Å². The normalized spacial score (nSPS) is 14.4. The first kappa shape index (κ1) is 12.2. The molecule has 1 aromatic heterocycles. The summed E-state index contributed by atoms with van der Waals surface area (Å²) in [6.07, 6.45) is 3.64. The van der Waals surface area contributed by atoms with Crippen LogP contribution in [0.2, 0.25) is 0 Å². The number of nitrogens with zero attached hydrogens (tertiary/aromatic N) is 2. The number of rotatable bonds is 1. The van der Waals surface area contributed by atoms with E-state index in [0.29, 0.717) is 0 Å². The Labute approximate surface area is 126 Å². The van der Waals surface area contributed by atoms with Crippen LogP contribution < -0.4 is 0 Å². The predicted molar refractivity (Wildman–Crippen MR) is 85.8 cm³/mol. The van der Waals surface area contributed by atoms with E-state index in [2.05, 4.69) is 63.0 Å². The smallest absolute Gasteiger partial charge is 0.141 e. The van der Waals surface area contributed by atoms with Crippen molar-refractivity contribution in [3.63, 3.8) is 0 Å². The fraction of sp³-hybridized carbons (Fsp3) is 0.235. The van der Waals surface area contributed by atoms with Crippen molar-refractivity contribution in [2.45, 2.75) is 25.8 Å². The fourth-order valence-corrected chi connectivity index (χ4v) is 3.63. The van der Waals surface area contributed by atoms with Crippen molar-refractivity contribution in [1.82, 2.24) is 9.55 Å². The highest BCUT2D eigenvalue weighted by Gasteiger charge is 2.19. The summed E-state index contributed by atoms with van der Waals surface area (Å²) >= 11 is 3.62. The molecule has 100 valence electrons. The number of fused-ring (bicyclic) bond motifs is 2. The Kier molecular flexibility index (Phi) is 2.88. The summed E-state index contributed by atoms with van der Waals surface area (Å²) < 4.78 is 3.39. The molecule has 0 spiro atoms. The van der Waals surface area contributed by atoms with Crippen molar-refractivity contribution in [3.05, 3.63) is 52.8 Å².